The van der Waals surface area contributed by atoms with Gasteiger partial charge in [0.25, 0.3) is 21.9 Å². The number of hydroxylamine groups is 2. The van der Waals surface area contributed by atoms with Crippen molar-refractivity contribution in [2.45, 2.75) is 26.2 Å². The van der Waals surface area contributed by atoms with E-state index < -0.39 is 21.9 Å². The molecule has 3 aromatic rings. The minimum atomic E-state index is -4.06. The summed E-state index contributed by atoms with van der Waals surface area (Å²) in [4.78, 5) is 25.5. The first-order chi connectivity index (χ1) is 14.5. The van der Waals surface area contributed by atoms with E-state index in [9.17, 15) is 18.0 Å². The Hall–Kier alpha value is -3.23. The average molecular weight is 439 g/mol. The molecule has 0 bridgehead atoms. The largest absolute Gasteiger partial charge is 0.457 e. The molecule has 3 aromatic carbocycles. The van der Waals surface area contributed by atoms with Crippen molar-refractivity contribution >= 4 is 32.7 Å². The Balaban J connectivity index is 1.77. The number of ether oxygens (including phenoxy) is 1. The first-order valence-electron chi connectivity index (χ1n) is 9.58. The number of imide groups is 1. The van der Waals surface area contributed by atoms with Crippen LogP contribution in [0.15, 0.2) is 54.6 Å². The second-order valence-corrected chi connectivity index (χ2v) is 9.96. The molecule has 0 N–H and O–H groups in total. The molecule has 7 nitrogen and oxygen atoms in total. The fraction of sp³-hybridized carbons (Fsp3) is 0.217. The Morgan fingerprint density at radius 2 is 1.45 bits per heavy atom. The van der Waals surface area contributed by atoms with Crippen LogP contribution in [0.3, 0.4) is 0 Å². The molecule has 0 saturated heterocycles. The van der Waals surface area contributed by atoms with E-state index in [0.717, 1.165) is 6.26 Å². The normalized spacial score (nSPS) is 14.3. The molecule has 2 amide bonds. The molecule has 1 heterocycles. The van der Waals surface area contributed by atoms with Crippen LogP contribution in [-0.4, -0.2) is 31.6 Å². The van der Waals surface area contributed by atoms with Gasteiger partial charge in [0.15, 0.2) is 0 Å². The van der Waals surface area contributed by atoms with Crippen molar-refractivity contribution in [1.29, 1.82) is 0 Å². The highest BCUT2D eigenvalue weighted by atomic mass is 32.2. The van der Waals surface area contributed by atoms with Gasteiger partial charge in [-0.3, -0.25) is 9.59 Å². The summed E-state index contributed by atoms with van der Waals surface area (Å²) >= 11 is 0. The second-order valence-electron chi connectivity index (χ2n) is 8.40. The van der Waals surface area contributed by atoms with E-state index in [4.69, 9.17) is 4.74 Å². The maximum absolute atomic E-state index is 12.8. The molecule has 1 aliphatic rings. The van der Waals surface area contributed by atoms with Gasteiger partial charge in [0, 0.05) is 10.8 Å². The monoisotopic (exact) mass is 439 g/mol. The number of amides is 2. The number of benzene rings is 3. The summed E-state index contributed by atoms with van der Waals surface area (Å²) in [6, 6.07) is 15.7. The molecule has 0 spiro atoms. The van der Waals surface area contributed by atoms with Gasteiger partial charge in [-0.05, 0) is 41.3 Å². The highest BCUT2D eigenvalue weighted by Gasteiger charge is 2.36. The van der Waals surface area contributed by atoms with E-state index in [1.807, 2.05) is 24.3 Å². The Labute approximate surface area is 180 Å². The van der Waals surface area contributed by atoms with Gasteiger partial charge >= 0.3 is 0 Å². The molecule has 0 radical (unpaired) electrons. The van der Waals surface area contributed by atoms with E-state index >= 15 is 0 Å². The number of carbonyl (C=O) groups is 2. The van der Waals surface area contributed by atoms with E-state index in [1.54, 1.807) is 18.2 Å². The Morgan fingerprint density at radius 1 is 0.839 bits per heavy atom. The lowest BCUT2D eigenvalue weighted by atomic mass is 9.87. The third-order valence-corrected chi connectivity index (χ3v) is 5.41. The summed E-state index contributed by atoms with van der Waals surface area (Å²) in [5.41, 5.74) is 1.49. The minimum absolute atomic E-state index is 0.0133. The van der Waals surface area contributed by atoms with Crippen molar-refractivity contribution in [3.05, 3.63) is 71.3 Å². The summed E-state index contributed by atoms with van der Waals surface area (Å²) < 4.78 is 33.7. The number of carbonyl (C=O) groups excluding carboxylic acids is 2. The molecular weight excluding hydrogens is 418 g/mol. The summed E-state index contributed by atoms with van der Waals surface area (Å²) in [5, 5.41) is 1.24. The van der Waals surface area contributed by atoms with E-state index in [-0.39, 0.29) is 21.6 Å². The maximum Gasteiger partial charge on any atom is 0.286 e. The van der Waals surface area contributed by atoms with Crippen molar-refractivity contribution < 1.29 is 27.0 Å². The van der Waals surface area contributed by atoms with Crippen LogP contribution in [-0.2, 0) is 19.8 Å². The third-order valence-electron chi connectivity index (χ3n) is 4.99. The molecule has 1 aliphatic heterocycles. The van der Waals surface area contributed by atoms with Crippen LogP contribution in [0.1, 0.15) is 47.1 Å². The highest BCUT2D eigenvalue weighted by Crippen LogP contribution is 2.38. The van der Waals surface area contributed by atoms with Gasteiger partial charge < -0.3 is 4.74 Å². The van der Waals surface area contributed by atoms with Crippen LogP contribution < -0.4 is 4.74 Å². The van der Waals surface area contributed by atoms with Gasteiger partial charge in [-0.15, -0.1) is 9.35 Å². The van der Waals surface area contributed by atoms with Crippen molar-refractivity contribution in [3.63, 3.8) is 0 Å². The molecule has 0 atom stereocenters. The fourth-order valence-corrected chi connectivity index (χ4v) is 3.90. The van der Waals surface area contributed by atoms with Gasteiger partial charge in [0.05, 0.1) is 17.4 Å². The van der Waals surface area contributed by atoms with Crippen LogP contribution in [0, 0.1) is 0 Å². The van der Waals surface area contributed by atoms with Crippen molar-refractivity contribution in [2.24, 2.45) is 0 Å². The zero-order valence-electron chi connectivity index (χ0n) is 17.5. The lowest BCUT2D eigenvalue weighted by molar-refractivity contribution is -0.0149. The Bertz CT molecular complexity index is 1300. The van der Waals surface area contributed by atoms with Crippen molar-refractivity contribution in [1.82, 2.24) is 5.06 Å². The first kappa shape index (κ1) is 21.0. The summed E-state index contributed by atoms with van der Waals surface area (Å²) in [5.74, 6) is -0.605. The molecule has 160 valence electrons. The van der Waals surface area contributed by atoms with Crippen LogP contribution in [0.5, 0.6) is 11.5 Å². The standard InChI is InChI=1S/C23H21NO6S/c1-23(2,3)14-8-10-15(11-9-14)29-19-13-12-18-20-16(19)6-5-7-17(20)21(25)24(22(18)26)30-31(4,27)28/h5-13H,1-4H3. The third kappa shape index (κ3) is 3.92. The quantitative estimate of drug-likeness (QED) is 0.559. The van der Waals surface area contributed by atoms with E-state index in [1.165, 1.54) is 17.7 Å². The minimum Gasteiger partial charge on any atom is -0.457 e. The first-order valence-corrected chi connectivity index (χ1v) is 11.4. The lowest BCUT2D eigenvalue weighted by Crippen LogP contribution is -2.41. The van der Waals surface area contributed by atoms with Crippen molar-refractivity contribution in [2.75, 3.05) is 6.26 Å². The summed E-state index contributed by atoms with van der Waals surface area (Å²) in [6.45, 7) is 6.37. The molecule has 0 fully saturated rings. The van der Waals surface area contributed by atoms with E-state index in [0.29, 0.717) is 22.3 Å². The van der Waals surface area contributed by atoms with Gasteiger partial charge in [0.1, 0.15) is 11.5 Å². The molecule has 31 heavy (non-hydrogen) atoms. The molecule has 0 aliphatic carbocycles. The Morgan fingerprint density at radius 3 is 2.03 bits per heavy atom. The second kappa shape index (κ2) is 7.18. The molecule has 4 rings (SSSR count). The number of hydrogen-bond donors (Lipinski definition) is 0. The molecular formula is C23H21NO6S. The maximum atomic E-state index is 12.8. The topological polar surface area (TPSA) is 90.0 Å². The highest BCUT2D eigenvalue weighted by molar-refractivity contribution is 7.85. The van der Waals surface area contributed by atoms with Gasteiger partial charge in [-0.1, -0.05) is 45.0 Å². The van der Waals surface area contributed by atoms with Crippen LogP contribution in [0.4, 0.5) is 0 Å². The predicted molar refractivity (Wildman–Crippen MR) is 116 cm³/mol. The smallest absolute Gasteiger partial charge is 0.286 e. The molecule has 8 heteroatoms. The number of rotatable bonds is 4. The van der Waals surface area contributed by atoms with Gasteiger partial charge in [0.2, 0.25) is 0 Å². The van der Waals surface area contributed by atoms with Gasteiger partial charge in [-0.25, -0.2) is 0 Å². The lowest BCUT2D eigenvalue weighted by Gasteiger charge is -2.25. The van der Waals surface area contributed by atoms with E-state index in [2.05, 4.69) is 25.1 Å². The van der Waals surface area contributed by atoms with Crippen LogP contribution >= 0.6 is 0 Å². The van der Waals surface area contributed by atoms with Crippen molar-refractivity contribution in [3.8, 4) is 11.5 Å². The number of nitrogens with zero attached hydrogens (tertiary/aromatic N) is 1. The molecule has 0 unspecified atom stereocenters. The zero-order valence-corrected chi connectivity index (χ0v) is 18.3. The SMILES string of the molecule is CC(C)(C)c1ccc(Oc2ccc3c4c(cccc24)C(=O)N(OS(C)(=O)=O)C3=O)cc1. The average Bonchev–Trinajstić information content (AvgIpc) is 2.69. The molecule has 0 aromatic heterocycles. The predicted octanol–water partition coefficient (Wildman–Crippen LogP) is 4.42. The van der Waals surface area contributed by atoms with Crippen LogP contribution in [0.2, 0.25) is 0 Å². The molecule has 0 saturated carbocycles. The summed E-state index contributed by atoms with van der Waals surface area (Å²) in [7, 11) is -4.06. The summed E-state index contributed by atoms with van der Waals surface area (Å²) in [6.07, 6.45) is 0.769. The zero-order chi connectivity index (χ0) is 22.6. The Kier molecular flexibility index (Phi) is 4.87. The number of hydrogen-bond acceptors (Lipinski definition) is 6. The van der Waals surface area contributed by atoms with Gasteiger partial charge in [-0.2, -0.15) is 8.42 Å². The van der Waals surface area contributed by atoms with Crippen LogP contribution in [0.25, 0.3) is 10.8 Å². The fourth-order valence-electron chi connectivity index (χ4n) is 3.49.